The summed E-state index contributed by atoms with van der Waals surface area (Å²) in [4.78, 5) is 20.0. The Morgan fingerprint density at radius 1 is 0.396 bits per heavy atom. The molecule has 0 aliphatic heterocycles. The van der Waals surface area contributed by atoms with E-state index >= 15 is 0 Å². The van der Waals surface area contributed by atoms with Gasteiger partial charge in [0.2, 0.25) is 0 Å². The topological polar surface area (TPSA) is 77.8 Å². The molecule has 0 spiro atoms. The zero-order valence-electron chi connectivity index (χ0n) is 25.5. The summed E-state index contributed by atoms with van der Waals surface area (Å²) in [7, 11) is 0. The molecule has 0 unspecified atom stereocenters. The van der Waals surface area contributed by atoms with Gasteiger partial charge in [-0.05, 0) is 58.3 Å². The van der Waals surface area contributed by atoms with Gasteiger partial charge in [-0.25, -0.2) is 15.0 Å². The van der Waals surface area contributed by atoms with Crippen molar-refractivity contribution in [3.05, 3.63) is 146 Å². The molecule has 6 nitrogen and oxygen atoms in total. The van der Waals surface area contributed by atoms with Gasteiger partial charge in [0.05, 0.1) is 5.39 Å². The maximum atomic E-state index is 6.28. The number of nitrogens with zero attached hydrogens (tertiary/aromatic N) is 4. The van der Waals surface area contributed by atoms with E-state index in [9.17, 15) is 0 Å². The first-order valence-corrected chi connectivity index (χ1v) is 15.8. The van der Waals surface area contributed by atoms with Gasteiger partial charge in [0.1, 0.15) is 28.0 Å². The Balaban J connectivity index is 1.26. The van der Waals surface area contributed by atoms with Crippen LogP contribution >= 0.6 is 0 Å². The molecule has 6 heteroatoms. The molecule has 0 fully saturated rings. The fourth-order valence-electron chi connectivity index (χ4n) is 6.83. The number of hydrogen-bond acceptors (Lipinski definition) is 6. The fraction of sp³-hybridized carbons (Fsp3) is 0. The van der Waals surface area contributed by atoms with Crippen LogP contribution in [0.4, 0.5) is 0 Å². The smallest absolute Gasteiger partial charge is 0.183 e. The molecule has 0 radical (unpaired) electrons. The van der Waals surface area contributed by atoms with Crippen LogP contribution in [0, 0.1) is 0 Å². The monoisotopic (exact) mass is 616 g/mol. The van der Waals surface area contributed by atoms with E-state index in [4.69, 9.17) is 28.8 Å². The Kier molecular flexibility index (Phi) is 5.77. The van der Waals surface area contributed by atoms with Crippen LogP contribution < -0.4 is 0 Å². The third-order valence-electron chi connectivity index (χ3n) is 8.98. The highest BCUT2D eigenvalue weighted by Gasteiger charge is 2.20. The van der Waals surface area contributed by atoms with Crippen molar-refractivity contribution in [2.45, 2.75) is 0 Å². The van der Waals surface area contributed by atoms with E-state index < -0.39 is 0 Å². The van der Waals surface area contributed by atoms with Crippen LogP contribution in [-0.2, 0) is 0 Å². The van der Waals surface area contributed by atoms with E-state index in [-0.39, 0.29) is 0 Å². The summed E-state index contributed by atoms with van der Waals surface area (Å²) in [5, 5.41) is 6.22. The average molecular weight is 617 g/mol. The Labute approximate surface area is 274 Å². The molecule has 0 amide bonds. The minimum atomic E-state index is 0.480. The molecule has 10 rings (SSSR count). The molecule has 4 heterocycles. The van der Waals surface area contributed by atoms with Gasteiger partial charge in [-0.2, -0.15) is 0 Å². The van der Waals surface area contributed by atoms with Gasteiger partial charge in [-0.3, -0.25) is 4.98 Å². The van der Waals surface area contributed by atoms with Crippen molar-refractivity contribution in [1.29, 1.82) is 0 Å². The van der Waals surface area contributed by atoms with E-state index in [0.717, 1.165) is 76.9 Å². The van der Waals surface area contributed by atoms with Crippen LogP contribution in [0.5, 0.6) is 0 Å². The summed E-state index contributed by atoms with van der Waals surface area (Å²) >= 11 is 0. The molecule has 0 atom stereocenters. The fourth-order valence-corrected chi connectivity index (χ4v) is 6.83. The van der Waals surface area contributed by atoms with E-state index in [1.54, 1.807) is 6.20 Å². The first kappa shape index (κ1) is 26.5. The second kappa shape index (κ2) is 10.4. The van der Waals surface area contributed by atoms with Crippen LogP contribution in [-0.4, -0.2) is 19.9 Å². The standard InChI is InChI=1S/C42H24N4O2/c1-2-11-25(12-3-1)40-44-41(46-42(45-40)39-38-31-16-7-9-19-34(31)48-36(38)21-22-43-39)27-23-26-13-4-5-14-28(26)32(24-27)29-17-10-20-35-37(29)30-15-6-8-18-33(30)47-35/h1-24H. The summed E-state index contributed by atoms with van der Waals surface area (Å²) in [5.41, 5.74) is 7.81. The number of furan rings is 2. The van der Waals surface area contributed by atoms with Crippen LogP contribution in [0.25, 0.3) is 100 Å². The van der Waals surface area contributed by atoms with Crippen LogP contribution in [0.3, 0.4) is 0 Å². The highest BCUT2D eigenvalue weighted by Crippen LogP contribution is 2.41. The summed E-state index contributed by atoms with van der Waals surface area (Å²) in [6, 6.07) is 47.1. The number of para-hydroxylation sites is 2. The lowest BCUT2D eigenvalue weighted by molar-refractivity contribution is 0.668. The Morgan fingerprint density at radius 2 is 1.00 bits per heavy atom. The number of aromatic nitrogens is 4. The lowest BCUT2D eigenvalue weighted by Gasteiger charge is -2.13. The number of hydrogen-bond donors (Lipinski definition) is 0. The normalized spacial score (nSPS) is 11.8. The molecule has 224 valence electrons. The van der Waals surface area contributed by atoms with Crippen LogP contribution in [0.2, 0.25) is 0 Å². The van der Waals surface area contributed by atoms with Crippen molar-refractivity contribution >= 4 is 54.6 Å². The van der Waals surface area contributed by atoms with Gasteiger partial charge < -0.3 is 8.83 Å². The molecule has 0 aliphatic rings. The molecular formula is C42H24N4O2. The van der Waals surface area contributed by atoms with Crippen molar-refractivity contribution in [1.82, 2.24) is 19.9 Å². The molecule has 4 aromatic heterocycles. The number of pyridine rings is 1. The van der Waals surface area contributed by atoms with Crippen molar-refractivity contribution in [2.24, 2.45) is 0 Å². The Morgan fingerprint density at radius 3 is 1.79 bits per heavy atom. The quantitative estimate of drug-likeness (QED) is 0.196. The van der Waals surface area contributed by atoms with Crippen LogP contribution in [0.1, 0.15) is 0 Å². The van der Waals surface area contributed by atoms with Crippen molar-refractivity contribution in [2.75, 3.05) is 0 Å². The lowest BCUT2D eigenvalue weighted by atomic mass is 9.92. The molecule has 0 saturated heterocycles. The zero-order valence-corrected chi connectivity index (χ0v) is 25.5. The van der Waals surface area contributed by atoms with Gasteiger partial charge in [-0.1, -0.05) is 103 Å². The zero-order chi connectivity index (χ0) is 31.6. The van der Waals surface area contributed by atoms with E-state index in [2.05, 4.69) is 60.7 Å². The predicted octanol–water partition coefficient (Wildman–Crippen LogP) is 10.9. The summed E-state index contributed by atoms with van der Waals surface area (Å²) in [6.45, 7) is 0. The molecule has 0 bridgehead atoms. The minimum Gasteiger partial charge on any atom is -0.456 e. The molecule has 0 aliphatic carbocycles. The van der Waals surface area contributed by atoms with Crippen molar-refractivity contribution < 1.29 is 8.83 Å². The van der Waals surface area contributed by atoms with E-state index in [1.165, 1.54) is 0 Å². The number of benzene rings is 6. The summed E-state index contributed by atoms with van der Waals surface area (Å²) in [5.74, 6) is 1.61. The molecule has 48 heavy (non-hydrogen) atoms. The third-order valence-corrected chi connectivity index (χ3v) is 8.98. The van der Waals surface area contributed by atoms with Crippen LogP contribution in [0.15, 0.2) is 155 Å². The predicted molar refractivity (Wildman–Crippen MR) is 191 cm³/mol. The molecule has 6 aromatic carbocycles. The maximum absolute atomic E-state index is 6.28. The summed E-state index contributed by atoms with van der Waals surface area (Å²) in [6.07, 6.45) is 1.75. The Hall–Kier alpha value is -6.66. The Bertz CT molecular complexity index is 2850. The van der Waals surface area contributed by atoms with Gasteiger partial charge in [0, 0.05) is 33.5 Å². The SMILES string of the molecule is c1ccc(-c2nc(-c3cc(-c4cccc5oc6ccccc6c45)c4ccccc4c3)nc(-c3nccc4oc5ccccc5c34)n2)cc1. The molecule has 0 N–H and O–H groups in total. The van der Waals surface area contributed by atoms with E-state index in [0.29, 0.717) is 23.2 Å². The highest BCUT2D eigenvalue weighted by atomic mass is 16.3. The second-order valence-electron chi connectivity index (χ2n) is 11.8. The summed E-state index contributed by atoms with van der Waals surface area (Å²) < 4.78 is 12.5. The third kappa shape index (κ3) is 4.13. The lowest BCUT2D eigenvalue weighted by Crippen LogP contribution is -2.01. The highest BCUT2D eigenvalue weighted by molar-refractivity contribution is 6.16. The molecular weight excluding hydrogens is 592 g/mol. The minimum absolute atomic E-state index is 0.480. The van der Waals surface area contributed by atoms with Gasteiger partial charge in [0.25, 0.3) is 0 Å². The maximum Gasteiger partial charge on any atom is 0.183 e. The first-order chi connectivity index (χ1) is 23.8. The second-order valence-corrected chi connectivity index (χ2v) is 11.8. The molecule has 10 aromatic rings. The molecule has 0 saturated carbocycles. The largest absolute Gasteiger partial charge is 0.456 e. The van der Waals surface area contributed by atoms with E-state index in [1.807, 2.05) is 78.9 Å². The van der Waals surface area contributed by atoms with Gasteiger partial charge >= 0.3 is 0 Å². The number of rotatable bonds is 4. The first-order valence-electron chi connectivity index (χ1n) is 15.8. The van der Waals surface area contributed by atoms with Crippen molar-refractivity contribution in [3.8, 4) is 45.4 Å². The van der Waals surface area contributed by atoms with Crippen molar-refractivity contribution in [3.63, 3.8) is 0 Å². The van der Waals surface area contributed by atoms with Gasteiger partial charge in [0.15, 0.2) is 17.5 Å². The van der Waals surface area contributed by atoms with Gasteiger partial charge in [-0.15, -0.1) is 0 Å². The average Bonchev–Trinajstić information content (AvgIpc) is 3.73. The number of fused-ring (bicyclic) bond motifs is 7.